The zero-order valence-electron chi connectivity index (χ0n) is 6.39. The van der Waals surface area contributed by atoms with Gasteiger partial charge in [0.1, 0.15) is 12.0 Å². The Kier molecular flexibility index (Phi) is 2.06. The monoisotopic (exact) mass is 143 g/mol. The summed E-state index contributed by atoms with van der Waals surface area (Å²) in [7, 11) is 0. The number of hydrogen-bond donors (Lipinski definition) is 1. The lowest BCUT2D eigenvalue weighted by molar-refractivity contribution is -0.108. The highest BCUT2D eigenvalue weighted by atomic mass is 16.5. The summed E-state index contributed by atoms with van der Waals surface area (Å²) >= 11 is 0. The minimum absolute atomic E-state index is 0.215. The average molecular weight is 143 g/mol. The topological polar surface area (TPSA) is 38.3 Å². The summed E-state index contributed by atoms with van der Waals surface area (Å²) in [4.78, 5) is 10.1. The second kappa shape index (κ2) is 2.68. The van der Waals surface area contributed by atoms with Crippen molar-refractivity contribution in [2.45, 2.75) is 32.0 Å². The summed E-state index contributed by atoms with van der Waals surface area (Å²) in [6, 6.07) is 0.215. The van der Waals surface area contributed by atoms with Gasteiger partial charge in [-0.25, -0.2) is 0 Å². The Morgan fingerprint density at radius 1 is 1.80 bits per heavy atom. The van der Waals surface area contributed by atoms with E-state index in [2.05, 4.69) is 5.32 Å². The Morgan fingerprint density at radius 2 is 2.50 bits per heavy atom. The van der Waals surface area contributed by atoms with Crippen molar-refractivity contribution in [3.8, 4) is 0 Å². The number of carbonyl (C=O) groups is 1. The molecule has 0 unspecified atom stereocenters. The lowest BCUT2D eigenvalue weighted by Crippen LogP contribution is -2.38. The minimum Gasteiger partial charge on any atom is -0.360 e. The molecule has 1 saturated heterocycles. The van der Waals surface area contributed by atoms with Crippen LogP contribution >= 0.6 is 0 Å². The van der Waals surface area contributed by atoms with Crippen molar-refractivity contribution in [1.82, 2.24) is 5.32 Å². The third-order valence-electron chi connectivity index (χ3n) is 1.58. The third-order valence-corrected chi connectivity index (χ3v) is 1.58. The second-order valence-electron chi connectivity index (χ2n) is 3.06. The van der Waals surface area contributed by atoms with Crippen LogP contribution in [0.25, 0.3) is 0 Å². The van der Waals surface area contributed by atoms with Crippen molar-refractivity contribution < 1.29 is 9.53 Å². The van der Waals surface area contributed by atoms with E-state index in [4.69, 9.17) is 4.74 Å². The van der Waals surface area contributed by atoms with Crippen LogP contribution in [0.1, 0.15) is 20.3 Å². The lowest BCUT2D eigenvalue weighted by atomic mass is 10.2. The summed E-state index contributed by atoms with van der Waals surface area (Å²) in [6.07, 6.45) is 1.46. The van der Waals surface area contributed by atoms with E-state index in [-0.39, 0.29) is 11.8 Å². The summed E-state index contributed by atoms with van der Waals surface area (Å²) < 4.78 is 5.34. The largest absolute Gasteiger partial charge is 0.360 e. The van der Waals surface area contributed by atoms with Crippen LogP contribution in [0.3, 0.4) is 0 Å². The molecule has 3 nitrogen and oxygen atoms in total. The number of hydrogen-bond acceptors (Lipinski definition) is 3. The maximum atomic E-state index is 10.1. The standard InChI is InChI=1S/C7H13NO2/c1-7(2)8-6(3-4-9)5-10-7/h4,6,8H,3,5H2,1-2H3/t6-/m0/s1. The molecular weight excluding hydrogens is 130 g/mol. The van der Waals surface area contributed by atoms with Gasteiger partial charge in [0, 0.05) is 12.5 Å². The van der Waals surface area contributed by atoms with E-state index in [1.807, 2.05) is 13.8 Å². The summed E-state index contributed by atoms with van der Waals surface area (Å²) in [5.74, 6) is 0. The van der Waals surface area contributed by atoms with Gasteiger partial charge in [0.05, 0.1) is 6.61 Å². The molecule has 1 rings (SSSR count). The molecule has 0 radical (unpaired) electrons. The molecule has 0 saturated carbocycles. The van der Waals surface area contributed by atoms with Crippen LogP contribution in [-0.4, -0.2) is 24.7 Å². The maximum Gasteiger partial charge on any atom is 0.121 e. The van der Waals surface area contributed by atoms with Crippen molar-refractivity contribution in [1.29, 1.82) is 0 Å². The first-order valence-electron chi connectivity index (χ1n) is 3.49. The van der Waals surface area contributed by atoms with Gasteiger partial charge in [0.25, 0.3) is 0 Å². The van der Waals surface area contributed by atoms with Crippen LogP contribution in [0, 0.1) is 0 Å². The van der Waals surface area contributed by atoms with Gasteiger partial charge in [-0.3, -0.25) is 5.32 Å². The van der Waals surface area contributed by atoms with E-state index in [1.165, 1.54) is 0 Å². The van der Waals surface area contributed by atoms with Gasteiger partial charge in [0.2, 0.25) is 0 Å². The molecule has 3 heteroatoms. The molecule has 1 heterocycles. The van der Waals surface area contributed by atoms with Crippen molar-refractivity contribution in [3.63, 3.8) is 0 Å². The lowest BCUT2D eigenvalue weighted by Gasteiger charge is -2.17. The summed E-state index contributed by atoms with van der Waals surface area (Å²) in [5, 5.41) is 3.18. The Hall–Kier alpha value is -0.410. The molecule has 0 aliphatic carbocycles. The van der Waals surface area contributed by atoms with Crippen LogP contribution in [-0.2, 0) is 9.53 Å². The molecule has 0 bridgehead atoms. The van der Waals surface area contributed by atoms with Gasteiger partial charge >= 0.3 is 0 Å². The Labute approximate surface area is 60.7 Å². The first-order valence-corrected chi connectivity index (χ1v) is 3.49. The number of nitrogens with one attached hydrogen (secondary N) is 1. The zero-order valence-corrected chi connectivity index (χ0v) is 6.39. The minimum atomic E-state index is -0.242. The number of carbonyl (C=O) groups excluding carboxylic acids is 1. The molecule has 58 valence electrons. The van der Waals surface area contributed by atoms with Gasteiger partial charge < -0.3 is 9.53 Å². The zero-order chi connectivity index (χ0) is 7.61. The number of aldehydes is 1. The predicted octanol–water partition coefficient (Wildman–Crippen LogP) is 0.300. The third kappa shape index (κ3) is 1.78. The van der Waals surface area contributed by atoms with Crippen molar-refractivity contribution in [2.24, 2.45) is 0 Å². The molecule has 1 atom stereocenters. The highest BCUT2D eigenvalue weighted by molar-refractivity contribution is 5.50. The van der Waals surface area contributed by atoms with Crippen molar-refractivity contribution >= 4 is 6.29 Å². The van der Waals surface area contributed by atoms with Crippen LogP contribution in [0.4, 0.5) is 0 Å². The molecule has 1 fully saturated rings. The summed E-state index contributed by atoms with van der Waals surface area (Å²) in [5.41, 5.74) is -0.242. The van der Waals surface area contributed by atoms with Crippen LogP contribution in [0.2, 0.25) is 0 Å². The molecule has 0 spiro atoms. The smallest absolute Gasteiger partial charge is 0.121 e. The SMILES string of the molecule is CC1(C)N[C@@H](CC=O)CO1. The van der Waals surface area contributed by atoms with Crippen molar-refractivity contribution in [2.75, 3.05) is 6.61 Å². The molecule has 1 aliphatic rings. The molecular formula is C7H13NO2. The Balaban J connectivity index is 2.35. The van der Waals surface area contributed by atoms with E-state index in [0.717, 1.165) is 6.29 Å². The van der Waals surface area contributed by atoms with Crippen LogP contribution < -0.4 is 5.32 Å². The van der Waals surface area contributed by atoms with Crippen LogP contribution in [0.15, 0.2) is 0 Å². The molecule has 1 aliphatic heterocycles. The van der Waals surface area contributed by atoms with Gasteiger partial charge in [-0.15, -0.1) is 0 Å². The van der Waals surface area contributed by atoms with Gasteiger partial charge in [-0.05, 0) is 13.8 Å². The van der Waals surface area contributed by atoms with Gasteiger partial charge in [0.15, 0.2) is 0 Å². The first-order chi connectivity index (χ1) is 4.64. The van der Waals surface area contributed by atoms with Gasteiger partial charge in [-0.1, -0.05) is 0 Å². The highest BCUT2D eigenvalue weighted by Gasteiger charge is 2.29. The molecule has 0 aromatic heterocycles. The fraction of sp³-hybridized carbons (Fsp3) is 0.857. The molecule has 0 aromatic rings. The first kappa shape index (κ1) is 7.69. The van der Waals surface area contributed by atoms with E-state index in [0.29, 0.717) is 13.0 Å². The quantitative estimate of drug-likeness (QED) is 0.565. The Bertz CT molecular complexity index is 134. The summed E-state index contributed by atoms with van der Waals surface area (Å²) in [6.45, 7) is 4.56. The highest BCUT2D eigenvalue weighted by Crippen LogP contribution is 2.14. The van der Waals surface area contributed by atoms with Crippen molar-refractivity contribution in [3.05, 3.63) is 0 Å². The molecule has 0 amide bonds. The van der Waals surface area contributed by atoms with E-state index >= 15 is 0 Å². The van der Waals surface area contributed by atoms with Crippen LogP contribution in [0.5, 0.6) is 0 Å². The normalized spacial score (nSPS) is 30.4. The second-order valence-corrected chi connectivity index (χ2v) is 3.06. The predicted molar refractivity (Wildman–Crippen MR) is 37.6 cm³/mol. The van der Waals surface area contributed by atoms with E-state index < -0.39 is 0 Å². The fourth-order valence-electron chi connectivity index (χ4n) is 1.13. The average Bonchev–Trinajstić information content (AvgIpc) is 2.12. The fourth-order valence-corrected chi connectivity index (χ4v) is 1.13. The van der Waals surface area contributed by atoms with E-state index in [9.17, 15) is 4.79 Å². The Morgan fingerprint density at radius 3 is 2.90 bits per heavy atom. The van der Waals surface area contributed by atoms with E-state index in [1.54, 1.807) is 0 Å². The molecule has 1 N–H and O–H groups in total. The molecule has 0 aromatic carbocycles. The van der Waals surface area contributed by atoms with Gasteiger partial charge in [-0.2, -0.15) is 0 Å². The molecule has 10 heavy (non-hydrogen) atoms. The number of ether oxygens (including phenoxy) is 1. The maximum absolute atomic E-state index is 10.1. The number of rotatable bonds is 2.